The zero-order valence-electron chi connectivity index (χ0n) is 14.7. The van der Waals surface area contributed by atoms with Gasteiger partial charge in [0.2, 0.25) is 0 Å². The molecular weight excluding hydrogens is 324 g/mol. The topological polar surface area (TPSA) is 35.6 Å². The molecule has 1 N–H and O–H groups in total. The van der Waals surface area contributed by atoms with Crippen LogP contribution in [-0.4, -0.2) is 53.6 Å². The van der Waals surface area contributed by atoms with Crippen molar-refractivity contribution in [3.8, 4) is 0 Å². The van der Waals surface area contributed by atoms with Crippen LogP contribution in [0.1, 0.15) is 38.2 Å². The second-order valence-electron chi connectivity index (χ2n) is 7.92. The summed E-state index contributed by atoms with van der Waals surface area (Å²) in [5, 5.41) is 2.99. The molecule has 6 heteroatoms. The lowest BCUT2D eigenvalue weighted by molar-refractivity contribution is 0.00333. The second kappa shape index (κ2) is 6.24. The fourth-order valence-electron chi connectivity index (χ4n) is 5.07. The van der Waals surface area contributed by atoms with Crippen LogP contribution >= 0.6 is 0 Å². The van der Waals surface area contributed by atoms with E-state index in [1.54, 1.807) is 0 Å². The van der Waals surface area contributed by atoms with Crippen LogP contribution in [0, 0.1) is 17.6 Å². The Hall–Kier alpha value is -1.69. The standard InChI is InChI=1S/C19H25F2N3O/c1-11(2)22-19(25)24-10-16(13-7-14(20)9-15(21)8-13)18-17(24)12-3-5-23(18)6-4-12/h7-9,11-12,16-18H,3-6,10H2,1-2H3,(H,22,25)/t16-,17+,18+/m1/s1. The fourth-order valence-corrected chi connectivity index (χ4v) is 5.07. The highest BCUT2D eigenvalue weighted by Gasteiger charge is 2.54. The molecular formula is C19H25F2N3O. The zero-order chi connectivity index (χ0) is 17.7. The molecule has 0 saturated carbocycles. The maximum Gasteiger partial charge on any atom is 0.317 e. The third kappa shape index (κ3) is 2.90. The first kappa shape index (κ1) is 16.8. The second-order valence-corrected chi connectivity index (χ2v) is 7.92. The number of rotatable bonds is 2. The number of hydrogen-bond donors (Lipinski definition) is 1. The normalized spacial score (nSPS) is 33.6. The van der Waals surface area contributed by atoms with Crippen LogP contribution in [-0.2, 0) is 0 Å². The number of urea groups is 1. The number of nitrogens with zero attached hydrogens (tertiary/aromatic N) is 2. The average Bonchev–Trinajstić information content (AvgIpc) is 2.97. The van der Waals surface area contributed by atoms with E-state index in [0.29, 0.717) is 18.0 Å². The summed E-state index contributed by atoms with van der Waals surface area (Å²) in [4.78, 5) is 17.1. The third-order valence-electron chi connectivity index (χ3n) is 5.98. The molecule has 5 rings (SSSR count). The van der Waals surface area contributed by atoms with Gasteiger partial charge in [-0.2, -0.15) is 0 Å². The quantitative estimate of drug-likeness (QED) is 0.891. The summed E-state index contributed by atoms with van der Waals surface area (Å²) >= 11 is 0. The van der Waals surface area contributed by atoms with Gasteiger partial charge in [0.15, 0.2) is 0 Å². The van der Waals surface area contributed by atoms with E-state index in [1.807, 2.05) is 18.7 Å². The molecule has 2 amide bonds. The van der Waals surface area contributed by atoms with Gasteiger partial charge in [-0.15, -0.1) is 0 Å². The summed E-state index contributed by atoms with van der Waals surface area (Å²) in [6, 6.07) is 4.07. The molecule has 136 valence electrons. The average molecular weight is 349 g/mol. The van der Waals surface area contributed by atoms with Crippen molar-refractivity contribution in [1.82, 2.24) is 15.1 Å². The van der Waals surface area contributed by atoms with Crippen LogP contribution in [0.3, 0.4) is 0 Å². The molecule has 4 saturated heterocycles. The van der Waals surface area contributed by atoms with Crippen molar-refractivity contribution in [1.29, 1.82) is 0 Å². The minimum Gasteiger partial charge on any atom is -0.336 e. The Balaban J connectivity index is 1.69. The van der Waals surface area contributed by atoms with E-state index in [9.17, 15) is 13.6 Å². The number of fused-ring (bicyclic) bond motifs is 2. The molecule has 1 aromatic rings. The molecule has 4 fully saturated rings. The molecule has 4 heterocycles. The summed E-state index contributed by atoms with van der Waals surface area (Å²) in [5.41, 5.74) is 0.667. The molecule has 3 atom stereocenters. The minimum absolute atomic E-state index is 0.0452. The first-order valence-corrected chi connectivity index (χ1v) is 9.21. The van der Waals surface area contributed by atoms with Crippen molar-refractivity contribution in [2.75, 3.05) is 19.6 Å². The van der Waals surface area contributed by atoms with Crippen LogP contribution in [0.25, 0.3) is 0 Å². The Kier molecular flexibility index (Phi) is 4.18. The summed E-state index contributed by atoms with van der Waals surface area (Å²) in [6.45, 7) is 6.44. The SMILES string of the molecule is CC(C)NC(=O)N1C[C@H](c2cc(F)cc(F)c2)[C@H]2[C@@H]1C1CCN2CC1. The molecule has 25 heavy (non-hydrogen) atoms. The van der Waals surface area contributed by atoms with E-state index in [2.05, 4.69) is 10.2 Å². The number of benzene rings is 1. The molecule has 0 spiro atoms. The number of carbonyl (C=O) groups is 1. The number of piperidine rings is 3. The highest BCUT2D eigenvalue weighted by molar-refractivity contribution is 5.75. The van der Waals surface area contributed by atoms with Gasteiger partial charge in [0.1, 0.15) is 11.6 Å². The van der Waals surface area contributed by atoms with E-state index < -0.39 is 11.6 Å². The summed E-state index contributed by atoms with van der Waals surface area (Å²) in [7, 11) is 0. The monoisotopic (exact) mass is 349 g/mol. The largest absolute Gasteiger partial charge is 0.336 e. The molecule has 4 aliphatic rings. The number of hydrogen-bond acceptors (Lipinski definition) is 2. The van der Waals surface area contributed by atoms with Gasteiger partial charge in [0, 0.05) is 30.6 Å². The molecule has 0 unspecified atom stereocenters. The van der Waals surface area contributed by atoms with E-state index in [0.717, 1.165) is 32.0 Å². The number of carbonyl (C=O) groups excluding carboxylic acids is 1. The minimum atomic E-state index is -0.549. The molecule has 0 aromatic heterocycles. The predicted molar refractivity (Wildman–Crippen MR) is 91.3 cm³/mol. The lowest BCUT2D eigenvalue weighted by atomic mass is 9.75. The number of halogens is 2. The fraction of sp³-hybridized carbons (Fsp3) is 0.632. The molecule has 0 radical (unpaired) electrons. The molecule has 4 nitrogen and oxygen atoms in total. The van der Waals surface area contributed by atoms with E-state index in [4.69, 9.17) is 0 Å². The Labute approximate surface area is 147 Å². The third-order valence-corrected chi connectivity index (χ3v) is 5.98. The molecule has 2 bridgehead atoms. The smallest absolute Gasteiger partial charge is 0.317 e. The summed E-state index contributed by atoms with van der Waals surface area (Å²) < 4.78 is 27.5. The maximum absolute atomic E-state index is 13.8. The van der Waals surface area contributed by atoms with Crippen molar-refractivity contribution in [3.63, 3.8) is 0 Å². The van der Waals surface area contributed by atoms with Crippen LogP contribution in [0.15, 0.2) is 18.2 Å². The van der Waals surface area contributed by atoms with Crippen LogP contribution in [0.4, 0.5) is 13.6 Å². The molecule has 0 aliphatic carbocycles. The summed E-state index contributed by atoms with van der Waals surface area (Å²) in [6.07, 6.45) is 2.19. The van der Waals surface area contributed by atoms with Gasteiger partial charge in [-0.05, 0) is 63.4 Å². The van der Waals surface area contributed by atoms with E-state index >= 15 is 0 Å². The van der Waals surface area contributed by atoms with Gasteiger partial charge in [0.05, 0.1) is 6.04 Å². The Morgan fingerprint density at radius 3 is 2.36 bits per heavy atom. The molecule has 4 aliphatic heterocycles. The zero-order valence-corrected chi connectivity index (χ0v) is 14.7. The van der Waals surface area contributed by atoms with Crippen molar-refractivity contribution in [3.05, 3.63) is 35.4 Å². The van der Waals surface area contributed by atoms with Gasteiger partial charge in [-0.25, -0.2) is 13.6 Å². The van der Waals surface area contributed by atoms with Gasteiger partial charge in [-0.1, -0.05) is 0 Å². The van der Waals surface area contributed by atoms with Gasteiger partial charge in [0.25, 0.3) is 0 Å². The van der Waals surface area contributed by atoms with Crippen molar-refractivity contribution in [2.45, 2.75) is 50.7 Å². The number of likely N-dealkylation sites (tertiary alicyclic amines) is 1. The lowest BCUT2D eigenvalue weighted by Gasteiger charge is -2.51. The highest BCUT2D eigenvalue weighted by Crippen LogP contribution is 2.46. The van der Waals surface area contributed by atoms with E-state index in [1.165, 1.54) is 12.1 Å². The number of nitrogens with one attached hydrogen (secondary N) is 1. The first-order valence-electron chi connectivity index (χ1n) is 9.21. The Bertz CT molecular complexity index is 652. The predicted octanol–water partition coefficient (Wildman–Crippen LogP) is 2.94. The van der Waals surface area contributed by atoms with Crippen LogP contribution in [0.2, 0.25) is 0 Å². The van der Waals surface area contributed by atoms with Crippen molar-refractivity contribution >= 4 is 6.03 Å². The lowest BCUT2D eigenvalue weighted by Crippen LogP contribution is -2.61. The highest BCUT2D eigenvalue weighted by atomic mass is 19.1. The summed E-state index contributed by atoms with van der Waals surface area (Å²) in [5.74, 6) is -0.660. The maximum atomic E-state index is 13.8. The first-order chi connectivity index (χ1) is 11.9. The Morgan fingerprint density at radius 2 is 1.76 bits per heavy atom. The Morgan fingerprint density at radius 1 is 1.12 bits per heavy atom. The van der Waals surface area contributed by atoms with Crippen molar-refractivity contribution in [2.24, 2.45) is 5.92 Å². The van der Waals surface area contributed by atoms with Crippen LogP contribution in [0.5, 0.6) is 0 Å². The van der Waals surface area contributed by atoms with Gasteiger partial charge < -0.3 is 10.2 Å². The number of amides is 2. The van der Waals surface area contributed by atoms with Crippen LogP contribution < -0.4 is 5.32 Å². The van der Waals surface area contributed by atoms with Crippen molar-refractivity contribution < 1.29 is 13.6 Å². The van der Waals surface area contributed by atoms with Gasteiger partial charge in [-0.3, -0.25) is 4.90 Å². The van der Waals surface area contributed by atoms with E-state index in [-0.39, 0.29) is 30.1 Å². The van der Waals surface area contributed by atoms with Gasteiger partial charge >= 0.3 is 6.03 Å². The molecule has 1 aromatic carbocycles.